The Hall–Kier alpha value is -1.33. The third-order valence-electron chi connectivity index (χ3n) is 3.14. The minimum Gasteiger partial charge on any atom is -0.475 e. The van der Waals surface area contributed by atoms with Crippen LogP contribution in [0.2, 0.25) is 0 Å². The van der Waals surface area contributed by atoms with Crippen molar-refractivity contribution in [2.75, 3.05) is 33.7 Å². The molecule has 0 radical (unpaired) electrons. The van der Waals surface area contributed by atoms with Gasteiger partial charge in [-0.05, 0) is 46.1 Å². The van der Waals surface area contributed by atoms with E-state index in [0.29, 0.717) is 5.76 Å². The molecule has 0 aliphatic rings. The molecule has 1 aromatic heterocycles. The highest BCUT2D eigenvalue weighted by Gasteiger charge is 2.19. The maximum absolute atomic E-state index is 10.8. The van der Waals surface area contributed by atoms with Crippen molar-refractivity contribution in [3.63, 3.8) is 0 Å². The standard InChI is InChI=1S/C14H24N2O3/c1-5-8-16(10-9-15(3)4)11(2)12-6-7-13(19-12)14(17)18/h6-7,11H,5,8-10H2,1-4H3,(H,17,18). The number of hydrogen-bond donors (Lipinski definition) is 1. The number of rotatable bonds is 8. The highest BCUT2D eigenvalue weighted by molar-refractivity contribution is 5.84. The summed E-state index contributed by atoms with van der Waals surface area (Å²) in [6.45, 7) is 7.07. The fourth-order valence-corrected chi connectivity index (χ4v) is 1.99. The number of carboxylic acid groups (broad SMARTS) is 1. The van der Waals surface area contributed by atoms with Gasteiger partial charge in [-0.2, -0.15) is 0 Å². The van der Waals surface area contributed by atoms with Gasteiger partial charge in [0.25, 0.3) is 0 Å². The molecule has 1 atom stereocenters. The van der Waals surface area contributed by atoms with Gasteiger partial charge in [0.1, 0.15) is 5.76 Å². The first-order valence-electron chi connectivity index (χ1n) is 6.67. The molecule has 0 aromatic carbocycles. The molecule has 1 aromatic rings. The van der Waals surface area contributed by atoms with Gasteiger partial charge in [-0.25, -0.2) is 4.79 Å². The fraction of sp³-hybridized carbons (Fsp3) is 0.643. The Balaban J connectivity index is 2.73. The van der Waals surface area contributed by atoms with Crippen LogP contribution in [0.25, 0.3) is 0 Å². The van der Waals surface area contributed by atoms with Crippen molar-refractivity contribution in [3.8, 4) is 0 Å². The van der Waals surface area contributed by atoms with Crippen molar-refractivity contribution in [2.24, 2.45) is 0 Å². The summed E-state index contributed by atoms with van der Waals surface area (Å²) in [5, 5.41) is 8.88. The molecular formula is C14H24N2O3. The normalized spacial score (nSPS) is 13.2. The van der Waals surface area contributed by atoms with E-state index in [4.69, 9.17) is 9.52 Å². The predicted octanol–water partition coefficient (Wildman–Crippen LogP) is 2.31. The van der Waals surface area contributed by atoms with Gasteiger partial charge in [0.2, 0.25) is 5.76 Å². The number of furan rings is 1. The number of likely N-dealkylation sites (N-methyl/N-ethyl adjacent to an activating group) is 1. The smallest absolute Gasteiger partial charge is 0.371 e. The minimum absolute atomic E-state index is 0.00547. The number of aromatic carboxylic acids is 1. The van der Waals surface area contributed by atoms with E-state index in [1.807, 2.05) is 14.1 Å². The topological polar surface area (TPSA) is 56.9 Å². The van der Waals surface area contributed by atoms with Crippen LogP contribution in [0.3, 0.4) is 0 Å². The molecule has 108 valence electrons. The Morgan fingerprint density at radius 3 is 2.47 bits per heavy atom. The highest BCUT2D eigenvalue weighted by Crippen LogP contribution is 2.22. The number of carbonyl (C=O) groups is 1. The van der Waals surface area contributed by atoms with E-state index in [2.05, 4.69) is 23.6 Å². The van der Waals surface area contributed by atoms with E-state index in [1.165, 1.54) is 6.07 Å². The molecule has 0 amide bonds. The van der Waals surface area contributed by atoms with Gasteiger partial charge in [0.15, 0.2) is 0 Å². The van der Waals surface area contributed by atoms with Crippen molar-refractivity contribution in [1.82, 2.24) is 9.80 Å². The lowest BCUT2D eigenvalue weighted by Crippen LogP contribution is -2.34. The molecule has 5 nitrogen and oxygen atoms in total. The summed E-state index contributed by atoms with van der Waals surface area (Å²) in [7, 11) is 4.09. The van der Waals surface area contributed by atoms with Gasteiger partial charge in [-0.3, -0.25) is 4.90 Å². The summed E-state index contributed by atoms with van der Waals surface area (Å²) in [6, 6.07) is 3.37. The van der Waals surface area contributed by atoms with Crippen molar-refractivity contribution >= 4 is 5.97 Å². The molecule has 5 heteroatoms. The van der Waals surface area contributed by atoms with E-state index < -0.39 is 5.97 Å². The zero-order valence-electron chi connectivity index (χ0n) is 12.2. The molecule has 1 rings (SSSR count). The van der Waals surface area contributed by atoms with Crippen LogP contribution in [0.15, 0.2) is 16.5 Å². The predicted molar refractivity (Wildman–Crippen MR) is 74.5 cm³/mol. The van der Waals surface area contributed by atoms with Gasteiger partial charge in [-0.15, -0.1) is 0 Å². The van der Waals surface area contributed by atoms with Crippen LogP contribution in [-0.4, -0.2) is 54.6 Å². The van der Waals surface area contributed by atoms with Crippen molar-refractivity contribution < 1.29 is 14.3 Å². The first kappa shape index (κ1) is 15.7. The van der Waals surface area contributed by atoms with Gasteiger partial charge in [0, 0.05) is 13.1 Å². The molecule has 0 saturated carbocycles. The first-order valence-corrected chi connectivity index (χ1v) is 6.67. The Labute approximate surface area is 114 Å². The minimum atomic E-state index is -1.02. The molecule has 1 N–H and O–H groups in total. The maximum atomic E-state index is 10.8. The molecule has 0 aliphatic carbocycles. The van der Waals surface area contributed by atoms with E-state index in [9.17, 15) is 4.79 Å². The van der Waals surface area contributed by atoms with Gasteiger partial charge < -0.3 is 14.4 Å². The lowest BCUT2D eigenvalue weighted by molar-refractivity contribution is 0.0655. The zero-order chi connectivity index (χ0) is 14.4. The van der Waals surface area contributed by atoms with Crippen molar-refractivity contribution in [1.29, 1.82) is 0 Å². The quantitative estimate of drug-likeness (QED) is 0.784. The second-order valence-electron chi connectivity index (χ2n) is 5.02. The van der Waals surface area contributed by atoms with Crippen LogP contribution in [0.1, 0.15) is 42.6 Å². The van der Waals surface area contributed by atoms with Crippen LogP contribution in [0, 0.1) is 0 Å². The Morgan fingerprint density at radius 1 is 1.32 bits per heavy atom. The molecule has 0 spiro atoms. The van der Waals surface area contributed by atoms with Crippen LogP contribution >= 0.6 is 0 Å². The number of hydrogen-bond acceptors (Lipinski definition) is 4. The van der Waals surface area contributed by atoms with E-state index in [0.717, 1.165) is 26.1 Å². The lowest BCUT2D eigenvalue weighted by Gasteiger charge is -2.28. The van der Waals surface area contributed by atoms with E-state index >= 15 is 0 Å². The summed E-state index contributed by atoms with van der Waals surface area (Å²) in [5.74, 6) is -0.302. The molecule has 1 heterocycles. The third kappa shape index (κ3) is 4.69. The van der Waals surface area contributed by atoms with Crippen LogP contribution in [-0.2, 0) is 0 Å². The molecule has 0 bridgehead atoms. The molecule has 19 heavy (non-hydrogen) atoms. The fourth-order valence-electron chi connectivity index (χ4n) is 1.99. The monoisotopic (exact) mass is 268 g/mol. The first-order chi connectivity index (χ1) is 8.95. The summed E-state index contributed by atoms with van der Waals surface area (Å²) in [6.07, 6.45) is 1.06. The largest absolute Gasteiger partial charge is 0.475 e. The molecule has 1 unspecified atom stereocenters. The summed E-state index contributed by atoms with van der Waals surface area (Å²) < 4.78 is 5.39. The van der Waals surface area contributed by atoms with Crippen molar-refractivity contribution in [3.05, 3.63) is 23.7 Å². The van der Waals surface area contributed by atoms with Crippen LogP contribution < -0.4 is 0 Å². The number of carboxylic acids is 1. The van der Waals surface area contributed by atoms with Gasteiger partial charge in [0.05, 0.1) is 6.04 Å². The maximum Gasteiger partial charge on any atom is 0.371 e. The Kier molecular flexibility index (Phi) is 6.05. The highest BCUT2D eigenvalue weighted by atomic mass is 16.4. The van der Waals surface area contributed by atoms with Crippen molar-refractivity contribution in [2.45, 2.75) is 26.3 Å². The summed E-state index contributed by atoms with van der Waals surface area (Å²) in [4.78, 5) is 15.3. The summed E-state index contributed by atoms with van der Waals surface area (Å²) in [5.41, 5.74) is 0. The number of nitrogens with zero attached hydrogens (tertiary/aromatic N) is 2. The lowest BCUT2D eigenvalue weighted by atomic mass is 10.2. The average Bonchev–Trinajstić information content (AvgIpc) is 2.83. The Bertz CT molecular complexity index is 401. The van der Waals surface area contributed by atoms with Crippen LogP contribution in [0.5, 0.6) is 0 Å². The zero-order valence-corrected chi connectivity index (χ0v) is 12.2. The van der Waals surface area contributed by atoms with E-state index in [1.54, 1.807) is 6.07 Å². The van der Waals surface area contributed by atoms with Gasteiger partial charge in [-0.1, -0.05) is 6.92 Å². The second-order valence-corrected chi connectivity index (χ2v) is 5.02. The van der Waals surface area contributed by atoms with Crippen LogP contribution in [0.4, 0.5) is 0 Å². The summed E-state index contributed by atoms with van der Waals surface area (Å²) >= 11 is 0. The second kappa shape index (κ2) is 7.31. The molecular weight excluding hydrogens is 244 g/mol. The molecule has 0 fully saturated rings. The van der Waals surface area contributed by atoms with Gasteiger partial charge >= 0.3 is 5.97 Å². The van der Waals surface area contributed by atoms with E-state index in [-0.39, 0.29) is 11.8 Å². The average molecular weight is 268 g/mol. The molecule has 0 saturated heterocycles. The molecule has 0 aliphatic heterocycles. The third-order valence-corrected chi connectivity index (χ3v) is 3.14. The Morgan fingerprint density at radius 2 is 2.00 bits per heavy atom. The SMILES string of the molecule is CCCN(CCN(C)C)C(C)c1ccc(C(=O)O)o1.